The summed E-state index contributed by atoms with van der Waals surface area (Å²) in [5.41, 5.74) is -1.29. The first-order chi connectivity index (χ1) is 33.6. The zero-order chi connectivity index (χ0) is 55.1. The van der Waals surface area contributed by atoms with E-state index in [0.29, 0.717) is 23.9 Å². The van der Waals surface area contributed by atoms with E-state index in [-0.39, 0.29) is 12.1 Å². The number of β-amino-alcohol motifs (C(OH)–C–C–N with tert-alkyl or cyclic N) is 2. The Hall–Kier alpha value is -1.46. The minimum Gasteiger partial charge on any atom is -0.397 e. The van der Waals surface area contributed by atoms with Gasteiger partial charge in [0, 0.05) is 90.2 Å². The van der Waals surface area contributed by atoms with Gasteiger partial charge in [0.05, 0.1) is 24.4 Å². The van der Waals surface area contributed by atoms with Crippen LogP contribution < -0.4 is 0 Å². The van der Waals surface area contributed by atoms with Crippen molar-refractivity contribution in [1.82, 2.24) is 39.2 Å². The minimum absolute atomic E-state index is 0.178. The van der Waals surface area contributed by atoms with Crippen LogP contribution >= 0.6 is 0 Å². The van der Waals surface area contributed by atoms with Gasteiger partial charge in [0.15, 0.2) is 0 Å². The number of carbonyl (C=O) groups is 2. The van der Waals surface area contributed by atoms with Crippen molar-refractivity contribution in [2.75, 3.05) is 146 Å². The summed E-state index contributed by atoms with van der Waals surface area (Å²) in [6.07, 6.45) is 14.7. The molecule has 3 N–H and O–H groups in total. The van der Waals surface area contributed by atoms with Crippen LogP contribution in [0.2, 0.25) is 0 Å². The highest BCUT2D eigenvalue weighted by molar-refractivity contribution is 5.47. The number of aliphatic hydroxyl groups excluding tert-OH is 1. The number of ether oxygens (including phenoxy) is 1. The number of hydrogen-bond acceptors (Lipinski definition) is 12. The number of nitrogens with zero attached hydrogens (tertiary/aromatic N) is 8. The molecule has 0 spiro atoms. The predicted octanol–water partition coefficient (Wildman–Crippen LogP) is 7.98. The summed E-state index contributed by atoms with van der Waals surface area (Å²) in [6.45, 7) is 49.0. The van der Waals surface area contributed by atoms with Crippen LogP contribution in [0.25, 0.3) is 0 Å². The monoisotopic (exact) mass is 1020 g/mol. The van der Waals surface area contributed by atoms with Gasteiger partial charge in [-0.25, -0.2) is 0 Å². The molecule has 14 nitrogen and oxygen atoms in total. The van der Waals surface area contributed by atoms with Gasteiger partial charge in [0.1, 0.15) is 0 Å². The predicted molar refractivity (Wildman–Crippen MR) is 305 cm³/mol. The Kier molecular flexibility index (Phi) is 45.5. The van der Waals surface area contributed by atoms with Crippen LogP contribution in [-0.4, -0.2) is 242 Å². The van der Waals surface area contributed by atoms with Gasteiger partial charge in [-0.1, -0.05) is 74.7 Å². The number of rotatable bonds is 20. The molecule has 428 valence electrons. The number of hydrogen-bond donors (Lipinski definition) is 3. The molecule has 0 aromatic carbocycles. The van der Waals surface area contributed by atoms with Crippen LogP contribution in [0.3, 0.4) is 0 Å². The molecule has 0 saturated carbocycles. The van der Waals surface area contributed by atoms with E-state index in [1.807, 2.05) is 53.5 Å². The molecular weight excluding hydrogens is 893 g/mol. The number of likely N-dealkylation sites (tertiary alicyclic amines) is 4. The molecule has 5 aliphatic rings. The molecule has 2 amide bonds. The highest BCUT2D eigenvalue weighted by atomic mass is 16.5. The molecule has 14 heteroatoms. The largest absolute Gasteiger partial charge is 0.397 e. The summed E-state index contributed by atoms with van der Waals surface area (Å²) in [5, 5.41) is 29.3. The lowest BCUT2D eigenvalue weighted by atomic mass is 9.76. The van der Waals surface area contributed by atoms with E-state index in [4.69, 9.17) is 9.84 Å². The van der Waals surface area contributed by atoms with Gasteiger partial charge in [0.25, 0.3) is 0 Å². The molecule has 0 aromatic heterocycles. The molecular formula is C57H124N8O6. The summed E-state index contributed by atoms with van der Waals surface area (Å²) < 4.78 is 5.35. The van der Waals surface area contributed by atoms with E-state index in [9.17, 15) is 19.8 Å². The first-order valence-corrected chi connectivity index (χ1v) is 28.8. The van der Waals surface area contributed by atoms with Gasteiger partial charge in [0.2, 0.25) is 12.8 Å². The fourth-order valence-electron chi connectivity index (χ4n) is 9.08. The van der Waals surface area contributed by atoms with Crippen LogP contribution in [0, 0.1) is 11.8 Å². The number of likely N-dealkylation sites (N-methyl/N-ethyl adjacent to an activating group) is 1. The van der Waals surface area contributed by atoms with Crippen molar-refractivity contribution in [3.05, 3.63) is 0 Å². The van der Waals surface area contributed by atoms with Gasteiger partial charge < -0.3 is 49.5 Å². The van der Waals surface area contributed by atoms with Crippen molar-refractivity contribution in [2.45, 2.75) is 203 Å². The van der Waals surface area contributed by atoms with Crippen LogP contribution in [0.1, 0.15) is 174 Å². The van der Waals surface area contributed by atoms with E-state index in [0.717, 1.165) is 124 Å². The van der Waals surface area contributed by atoms with Crippen molar-refractivity contribution >= 4 is 12.8 Å². The minimum atomic E-state index is -0.594. The summed E-state index contributed by atoms with van der Waals surface area (Å²) in [4.78, 5) is 38.7. The molecule has 5 fully saturated rings. The Morgan fingerprint density at radius 3 is 1.63 bits per heavy atom. The fourth-order valence-corrected chi connectivity index (χ4v) is 9.08. The maximum atomic E-state index is 11.0. The Morgan fingerprint density at radius 2 is 1.23 bits per heavy atom. The fraction of sp³-hybridized carbons (Fsp3) is 0.965. The lowest BCUT2D eigenvalue weighted by molar-refractivity contribution is -0.122. The molecule has 3 unspecified atom stereocenters. The van der Waals surface area contributed by atoms with E-state index in [1.54, 1.807) is 11.8 Å². The van der Waals surface area contributed by atoms with Crippen molar-refractivity contribution in [3.8, 4) is 0 Å². The number of unbranched alkanes of at least 4 members (excludes halogenated alkanes) is 2. The Balaban J connectivity index is -0.000000812. The van der Waals surface area contributed by atoms with Crippen molar-refractivity contribution in [3.63, 3.8) is 0 Å². The third-order valence-corrected chi connectivity index (χ3v) is 14.2. The molecule has 5 saturated heterocycles. The van der Waals surface area contributed by atoms with E-state index in [1.165, 1.54) is 71.2 Å². The third kappa shape index (κ3) is 34.0. The quantitative estimate of drug-likeness (QED) is 0.0809. The van der Waals surface area contributed by atoms with Crippen LogP contribution in [0.15, 0.2) is 0 Å². The molecule has 3 atom stereocenters. The standard InChI is InChI=1S/C14H30N2O.C13H26N2O2.C11H22N2O.C9H19NO.C4H9N.C2H6O.2C2H6/c1-12(2)10-16-9-7-8-14(17,11-16)13(3,4)15(5)6;1-12(2)15-5-3-4-13(16,11-15)10-14-6-8-17-9-7-14;1-3-5-11(8-12(2)10-14)9-13-6-4-7-13;1-4-5-6-7-10(8-11)9(2)3;1-5-3-2-4-5;1-2-3;2*1-2/h12,17H,7-11H2,1-6H3;12,16H,3-11H2,1-2H3;10-11H,3-9H2,1-2H3;8-9H,4-7H2,1-3H3;2-4H2,1H3;3H,2H2,1H3;2*1-2H3. The zero-order valence-electron chi connectivity index (χ0n) is 50.6. The number of aliphatic hydroxyl groups is 3. The van der Waals surface area contributed by atoms with E-state index in [2.05, 4.69) is 106 Å². The molecule has 0 aromatic rings. The molecule has 71 heavy (non-hydrogen) atoms. The molecule has 5 rings (SSSR count). The lowest BCUT2D eigenvalue weighted by Crippen LogP contribution is -2.65. The van der Waals surface area contributed by atoms with Gasteiger partial charge in [-0.2, -0.15) is 0 Å². The first kappa shape index (κ1) is 73.8. The van der Waals surface area contributed by atoms with Crippen molar-refractivity contribution < 1.29 is 29.6 Å². The highest BCUT2D eigenvalue weighted by Gasteiger charge is 2.47. The topological polar surface area (TPSA) is 130 Å². The SMILES string of the molecule is CC.CC.CC(C)CN1CCCC(O)(C(C)(C)N(C)C)C1.CC(C)N1CCCC(O)(CN2CCOCC2)C1.CCCC(CN(C)C=O)CN1CCC1.CCCCCN(C=O)C(C)C.CCO.CN1CCC1. The summed E-state index contributed by atoms with van der Waals surface area (Å²) >= 11 is 0. The molecule has 5 heterocycles. The maximum Gasteiger partial charge on any atom is 0.209 e. The number of morpholine rings is 1. The van der Waals surface area contributed by atoms with Gasteiger partial charge in [-0.05, 0) is 172 Å². The molecule has 0 aliphatic carbocycles. The Morgan fingerprint density at radius 1 is 0.690 bits per heavy atom. The van der Waals surface area contributed by atoms with Crippen molar-refractivity contribution in [2.24, 2.45) is 11.8 Å². The normalized spacial score (nSPS) is 22.2. The molecule has 0 radical (unpaired) electrons. The van der Waals surface area contributed by atoms with Crippen LogP contribution in [0.4, 0.5) is 0 Å². The van der Waals surface area contributed by atoms with Gasteiger partial charge in [-0.15, -0.1) is 0 Å². The average Bonchev–Trinajstić information content (AvgIpc) is 3.30. The number of carbonyl (C=O) groups excluding carboxylic acids is 2. The first-order valence-electron chi connectivity index (χ1n) is 28.8. The second-order valence-corrected chi connectivity index (χ2v) is 22.0. The smallest absolute Gasteiger partial charge is 0.209 e. The molecule has 0 bridgehead atoms. The zero-order valence-corrected chi connectivity index (χ0v) is 50.6. The van der Waals surface area contributed by atoms with Crippen LogP contribution in [0.5, 0.6) is 0 Å². The molecule has 5 aliphatic heterocycles. The lowest BCUT2D eigenvalue weighted by Gasteiger charge is -2.51. The van der Waals surface area contributed by atoms with E-state index < -0.39 is 11.2 Å². The number of amides is 2. The summed E-state index contributed by atoms with van der Waals surface area (Å²) in [6, 6.07) is 0.885. The van der Waals surface area contributed by atoms with Gasteiger partial charge in [-0.3, -0.25) is 19.4 Å². The van der Waals surface area contributed by atoms with Crippen molar-refractivity contribution in [1.29, 1.82) is 0 Å². The average molecular weight is 1020 g/mol. The maximum absolute atomic E-state index is 11.0. The second kappa shape index (κ2) is 43.7. The number of piperidine rings is 2. The van der Waals surface area contributed by atoms with E-state index >= 15 is 0 Å². The van der Waals surface area contributed by atoms with Gasteiger partial charge >= 0.3 is 0 Å². The summed E-state index contributed by atoms with van der Waals surface area (Å²) in [5.74, 6) is 1.33. The third-order valence-electron chi connectivity index (χ3n) is 14.2. The summed E-state index contributed by atoms with van der Waals surface area (Å²) in [7, 11) is 8.12. The Labute approximate surface area is 441 Å². The van der Waals surface area contributed by atoms with Crippen LogP contribution in [-0.2, 0) is 14.3 Å². The highest BCUT2D eigenvalue weighted by Crippen LogP contribution is 2.35. The second-order valence-electron chi connectivity index (χ2n) is 22.0. The Bertz CT molecular complexity index is 1200.